The summed E-state index contributed by atoms with van der Waals surface area (Å²) in [6.45, 7) is -0.741. The number of ether oxygens (including phenoxy) is 1. The molecule has 0 spiro atoms. The average Bonchev–Trinajstić information content (AvgIpc) is 2.58. The molecule has 1 fully saturated rings. The number of likely N-dealkylation sites (N-methyl/N-ethyl adjacent to an activating group) is 1. The monoisotopic (exact) mass is 419 g/mol. The van der Waals surface area contributed by atoms with E-state index in [1.54, 1.807) is 0 Å². The number of carbonyl (C=O) groups is 4. The van der Waals surface area contributed by atoms with Gasteiger partial charge in [0.2, 0.25) is 0 Å². The summed E-state index contributed by atoms with van der Waals surface area (Å²) in [5.41, 5.74) is -2.40. The number of nitrogens with zero attached hydrogens (tertiary/aromatic N) is 1. The fourth-order valence-corrected chi connectivity index (χ4v) is 3.01. The van der Waals surface area contributed by atoms with Crippen molar-refractivity contribution < 1.29 is 37.1 Å². The van der Waals surface area contributed by atoms with E-state index in [9.17, 15) is 32.3 Å². The van der Waals surface area contributed by atoms with Crippen LogP contribution < -0.4 is 4.74 Å². The van der Waals surface area contributed by atoms with Crippen LogP contribution in [0.25, 0.3) is 0 Å². The zero-order valence-corrected chi connectivity index (χ0v) is 15.8. The van der Waals surface area contributed by atoms with E-state index in [4.69, 9.17) is 16.3 Å². The third-order valence-corrected chi connectivity index (χ3v) is 4.55. The first-order chi connectivity index (χ1) is 12.9. The van der Waals surface area contributed by atoms with E-state index in [1.165, 1.54) is 14.1 Å². The number of benzene rings is 1. The van der Waals surface area contributed by atoms with Crippen LogP contribution >= 0.6 is 11.6 Å². The van der Waals surface area contributed by atoms with Crippen molar-refractivity contribution in [3.63, 3.8) is 0 Å². The number of ketones is 3. The standard InChI is InChI=1S/C18H17ClF3NO5/c1-23(2)13(26)8-28-17-10(19)7-6-9(15(17)18(20,21)22)16(27)14-11(24)4-3-5-12(14)25/h6-7,14H,3-5,8H2,1-2H3. The zero-order chi connectivity index (χ0) is 21.2. The fourth-order valence-electron chi connectivity index (χ4n) is 2.80. The molecule has 0 atom stereocenters. The number of rotatable bonds is 5. The van der Waals surface area contributed by atoms with E-state index < -0.39 is 63.9 Å². The first kappa shape index (κ1) is 21.9. The molecule has 1 aromatic rings. The van der Waals surface area contributed by atoms with Gasteiger partial charge in [-0.05, 0) is 18.6 Å². The van der Waals surface area contributed by atoms with E-state index in [0.29, 0.717) is 0 Å². The van der Waals surface area contributed by atoms with Crippen molar-refractivity contribution in [2.24, 2.45) is 5.92 Å². The lowest BCUT2D eigenvalue weighted by Crippen LogP contribution is -2.36. The van der Waals surface area contributed by atoms with Gasteiger partial charge in [0, 0.05) is 32.5 Å². The van der Waals surface area contributed by atoms with Crippen LogP contribution in [0.3, 0.4) is 0 Å². The molecule has 6 nitrogen and oxygen atoms in total. The molecule has 1 aliphatic rings. The van der Waals surface area contributed by atoms with Crippen LogP contribution in [0.2, 0.25) is 5.02 Å². The second-order valence-electron chi connectivity index (χ2n) is 6.46. The Morgan fingerprint density at radius 2 is 1.75 bits per heavy atom. The summed E-state index contributed by atoms with van der Waals surface area (Å²) in [5.74, 6) is -5.97. The van der Waals surface area contributed by atoms with Crippen LogP contribution in [0.15, 0.2) is 12.1 Å². The highest BCUT2D eigenvalue weighted by molar-refractivity contribution is 6.33. The van der Waals surface area contributed by atoms with Crippen LogP contribution in [0.1, 0.15) is 35.2 Å². The van der Waals surface area contributed by atoms with Crippen LogP contribution in [0, 0.1) is 5.92 Å². The van der Waals surface area contributed by atoms with Crippen molar-refractivity contribution in [2.45, 2.75) is 25.4 Å². The van der Waals surface area contributed by atoms with E-state index >= 15 is 0 Å². The van der Waals surface area contributed by atoms with Crippen molar-refractivity contribution in [3.05, 3.63) is 28.3 Å². The summed E-state index contributed by atoms with van der Waals surface area (Å²) in [4.78, 5) is 49.4. The second kappa shape index (κ2) is 8.30. The number of halogens is 4. The van der Waals surface area contributed by atoms with Gasteiger partial charge in [-0.3, -0.25) is 19.2 Å². The maximum atomic E-state index is 13.7. The van der Waals surface area contributed by atoms with E-state index in [2.05, 4.69) is 0 Å². The number of Topliss-reactive ketones (excluding diaryl/α,β-unsaturated/α-hetero) is 3. The van der Waals surface area contributed by atoms with Crippen LogP contribution in [-0.4, -0.2) is 48.9 Å². The van der Waals surface area contributed by atoms with Gasteiger partial charge in [-0.1, -0.05) is 11.6 Å². The van der Waals surface area contributed by atoms with Gasteiger partial charge in [0.25, 0.3) is 5.91 Å². The summed E-state index contributed by atoms with van der Waals surface area (Å²) >= 11 is 5.82. The maximum Gasteiger partial charge on any atom is 0.420 e. The molecule has 0 aromatic heterocycles. The highest BCUT2D eigenvalue weighted by Crippen LogP contribution is 2.43. The Labute approximate surface area is 163 Å². The molecule has 0 bridgehead atoms. The summed E-state index contributed by atoms with van der Waals surface area (Å²) < 4.78 is 46.2. The van der Waals surface area contributed by atoms with Gasteiger partial charge in [-0.25, -0.2) is 0 Å². The highest BCUT2D eigenvalue weighted by atomic mass is 35.5. The highest BCUT2D eigenvalue weighted by Gasteiger charge is 2.44. The van der Waals surface area contributed by atoms with Gasteiger partial charge in [0.1, 0.15) is 11.5 Å². The van der Waals surface area contributed by atoms with Crippen LogP contribution in [-0.2, 0) is 20.6 Å². The number of carbonyl (C=O) groups excluding carboxylic acids is 4. The molecule has 1 amide bonds. The van der Waals surface area contributed by atoms with E-state index in [0.717, 1.165) is 17.0 Å². The normalized spacial score (nSPS) is 15.5. The minimum atomic E-state index is -5.08. The Morgan fingerprint density at radius 3 is 2.25 bits per heavy atom. The topological polar surface area (TPSA) is 80.8 Å². The Bertz CT molecular complexity index is 819. The lowest BCUT2D eigenvalue weighted by atomic mass is 9.80. The summed E-state index contributed by atoms with van der Waals surface area (Å²) in [5, 5.41) is -0.461. The summed E-state index contributed by atoms with van der Waals surface area (Å²) in [6.07, 6.45) is -4.93. The predicted octanol–water partition coefficient (Wildman–Crippen LogP) is 2.95. The lowest BCUT2D eigenvalue weighted by Gasteiger charge is -2.22. The van der Waals surface area contributed by atoms with Crippen LogP contribution in [0.4, 0.5) is 13.2 Å². The molecule has 2 rings (SSSR count). The number of hydrogen-bond donors (Lipinski definition) is 0. The van der Waals surface area contributed by atoms with Crippen molar-refractivity contribution >= 4 is 34.9 Å². The van der Waals surface area contributed by atoms with Crippen molar-refractivity contribution in [1.29, 1.82) is 0 Å². The molecule has 28 heavy (non-hydrogen) atoms. The Hall–Kier alpha value is -2.42. The summed E-state index contributed by atoms with van der Waals surface area (Å²) in [6, 6.07) is 1.81. The van der Waals surface area contributed by atoms with Gasteiger partial charge < -0.3 is 9.64 Å². The minimum absolute atomic E-state index is 0.0578. The molecule has 0 saturated heterocycles. The Kier molecular flexibility index (Phi) is 6.48. The molecule has 0 aliphatic heterocycles. The molecule has 1 aliphatic carbocycles. The number of hydrogen-bond acceptors (Lipinski definition) is 5. The lowest BCUT2D eigenvalue weighted by molar-refractivity contribution is -0.141. The first-order valence-electron chi connectivity index (χ1n) is 8.27. The molecule has 1 saturated carbocycles. The molecule has 1 aromatic carbocycles. The number of amides is 1. The van der Waals surface area contributed by atoms with Crippen LogP contribution in [0.5, 0.6) is 5.75 Å². The molecule has 152 valence electrons. The first-order valence-corrected chi connectivity index (χ1v) is 8.65. The Morgan fingerprint density at radius 1 is 1.18 bits per heavy atom. The Balaban J connectivity index is 2.54. The third kappa shape index (κ3) is 4.52. The zero-order valence-electron chi connectivity index (χ0n) is 15.1. The van der Waals surface area contributed by atoms with E-state index in [-0.39, 0.29) is 19.3 Å². The largest absolute Gasteiger partial charge is 0.482 e. The number of alkyl halides is 3. The fraction of sp³-hybridized carbons (Fsp3) is 0.444. The van der Waals surface area contributed by atoms with Gasteiger partial charge in [-0.2, -0.15) is 13.2 Å². The maximum absolute atomic E-state index is 13.7. The minimum Gasteiger partial charge on any atom is -0.482 e. The SMILES string of the molecule is CN(C)C(=O)COc1c(Cl)ccc(C(=O)C2C(=O)CCCC2=O)c1C(F)(F)F. The van der Waals surface area contributed by atoms with Gasteiger partial charge in [-0.15, -0.1) is 0 Å². The molecular weight excluding hydrogens is 403 g/mol. The molecule has 0 unspecified atom stereocenters. The smallest absolute Gasteiger partial charge is 0.420 e. The molecular formula is C18H17ClF3NO5. The van der Waals surface area contributed by atoms with Gasteiger partial charge in [0.05, 0.1) is 5.02 Å². The third-order valence-electron chi connectivity index (χ3n) is 4.25. The average molecular weight is 420 g/mol. The molecule has 0 N–H and O–H groups in total. The van der Waals surface area contributed by atoms with Gasteiger partial charge in [0.15, 0.2) is 29.7 Å². The molecule has 10 heteroatoms. The molecule has 0 heterocycles. The van der Waals surface area contributed by atoms with E-state index in [1.807, 2.05) is 0 Å². The summed E-state index contributed by atoms with van der Waals surface area (Å²) in [7, 11) is 2.77. The van der Waals surface area contributed by atoms with Crippen molar-refractivity contribution in [1.82, 2.24) is 4.90 Å². The second-order valence-corrected chi connectivity index (χ2v) is 6.86. The van der Waals surface area contributed by atoms with Crippen molar-refractivity contribution in [2.75, 3.05) is 20.7 Å². The van der Waals surface area contributed by atoms with Gasteiger partial charge >= 0.3 is 6.18 Å². The quantitative estimate of drug-likeness (QED) is 0.541. The molecule has 0 radical (unpaired) electrons. The predicted molar refractivity (Wildman–Crippen MR) is 92.3 cm³/mol. The van der Waals surface area contributed by atoms with Crippen molar-refractivity contribution in [3.8, 4) is 5.75 Å².